The molecule has 0 saturated carbocycles. The summed E-state index contributed by atoms with van der Waals surface area (Å²) in [6.45, 7) is 10.8. The first-order valence-electron chi connectivity index (χ1n) is 18.0. The van der Waals surface area contributed by atoms with Gasteiger partial charge in [-0.15, -0.1) is 0 Å². The minimum absolute atomic E-state index is 0.0339. The molecule has 2 fully saturated rings. The van der Waals surface area contributed by atoms with Crippen LogP contribution < -0.4 is 0 Å². The van der Waals surface area contributed by atoms with Gasteiger partial charge in [0.2, 0.25) is 0 Å². The molecule has 4 atom stereocenters. The predicted molar refractivity (Wildman–Crippen MR) is 200 cm³/mol. The van der Waals surface area contributed by atoms with E-state index in [0.29, 0.717) is 5.92 Å². The maximum Gasteiger partial charge on any atom is 0.425 e. The third-order valence-corrected chi connectivity index (χ3v) is 10.1. The summed E-state index contributed by atoms with van der Waals surface area (Å²) >= 11 is 0. The molecule has 0 bridgehead atoms. The number of amides is 2. The number of likely N-dealkylation sites (tertiary alicyclic amines) is 1. The van der Waals surface area contributed by atoms with Crippen LogP contribution in [0, 0.1) is 5.92 Å². The summed E-state index contributed by atoms with van der Waals surface area (Å²) in [6, 6.07) is 26.1. The standard InChI is InChI=1S/C41H47N7O4/c1-26-22-36(47(27(26)2)39(49)51-25-28-10-8-7-9-11-28)38-43-24-34(45-38)32-18-14-30(15-19-32)29-12-16-31(17-13-29)33-23-42-37(44-33)35-20-21-46(6)48(35)40(50)52-41(3,4)5/h7-19,23-24,26-27,35-36H,20-22,25H2,1-6H3,(H,42,44)(H,43,45)/t26-,27?,35+,36+/m1/s1. The highest BCUT2D eigenvalue weighted by Gasteiger charge is 2.42. The molecule has 7 rings (SSSR count). The van der Waals surface area contributed by atoms with E-state index in [1.165, 1.54) is 0 Å². The lowest BCUT2D eigenvalue weighted by Gasteiger charge is -2.31. The van der Waals surface area contributed by atoms with Crippen molar-refractivity contribution in [3.8, 4) is 33.6 Å². The van der Waals surface area contributed by atoms with Gasteiger partial charge < -0.3 is 19.4 Å². The number of hydrogen-bond acceptors (Lipinski definition) is 7. The fourth-order valence-corrected chi connectivity index (χ4v) is 7.15. The molecule has 2 amide bonds. The zero-order valence-corrected chi connectivity index (χ0v) is 30.7. The van der Waals surface area contributed by atoms with Crippen LogP contribution in [0.1, 0.15) is 76.8 Å². The number of ether oxygens (including phenoxy) is 2. The summed E-state index contributed by atoms with van der Waals surface area (Å²) in [5, 5.41) is 3.54. The first-order chi connectivity index (χ1) is 24.9. The van der Waals surface area contributed by atoms with Crippen molar-refractivity contribution >= 4 is 12.2 Å². The molecule has 2 aromatic heterocycles. The highest BCUT2D eigenvalue weighted by atomic mass is 16.6. The maximum absolute atomic E-state index is 13.3. The molecule has 1 unspecified atom stereocenters. The summed E-state index contributed by atoms with van der Waals surface area (Å²) in [5.74, 6) is 1.81. The summed E-state index contributed by atoms with van der Waals surface area (Å²) in [6.07, 6.45) is 4.54. The molecule has 2 aliphatic rings. The number of hydrazine groups is 1. The Balaban J connectivity index is 1.01. The highest BCUT2D eigenvalue weighted by Crippen LogP contribution is 2.40. The molecule has 11 nitrogen and oxygen atoms in total. The number of aromatic nitrogens is 4. The van der Waals surface area contributed by atoms with Crippen molar-refractivity contribution in [2.45, 2.75) is 77.8 Å². The number of aromatic amines is 2. The third kappa shape index (κ3) is 7.32. The Hall–Kier alpha value is -5.42. The van der Waals surface area contributed by atoms with Gasteiger partial charge in [-0.3, -0.25) is 4.90 Å². The zero-order chi connectivity index (χ0) is 36.6. The SMILES string of the molecule is CC1[C@H](C)C[C@@H](c2ncc(-c3ccc(-c4ccc(-c5cnc([C@@H]6CCN(C)N6C(=O)OC(C)(C)C)[nH]5)cc4)cc3)[nH]2)N1C(=O)OCc1ccccc1. The smallest absolute Gasteiger partial charge is 0.425 e. The van der Waals surface area contributed by atoms with Crippen LogP contribution in [0.15, 0.2) is 91.3 Å². The molecule has 0 aliphatic carbocycles. The number of rotatable bonds is 7. The molecule has 11 heteroatoms. The molecule has 270 valence electrons. The van der Waals surface area contributed by atoms with Crippen LogP contribution in [-0.2, 0) is 16.1 Å². The Labute approximate surface area is 305 Å². The Morgan fingerprint density at radius 2 is 1.31 bits per heavy atom. The Bertz CT molecular complexity index is 2000. The van der Waals surface area contributed by atoms with E-state index in [-0.39, 0.29) is 36.9 Å². The number of imidazole rings is 2. The largest absolute Gasteiger partial charge is 0.445 e. The number of nitrogens with one attached hydrogen (secondary N) is 2. The molecule has 5 aromatic rings. The molecule has 0 radical (unpaired) electrons. The normalized spacial score (nSPS) is 20.7. The average molecular weight is 702 g/mol. The average Bonchev–Trinajstić information content (AvgIpc) is 3.94. The van der Waals surface area contributed by atoms with Gasteiger partial charge in [0.25, 0.3) is 0 Å². The second kappa shape index (κ2) is 14.3. The van der Waals surface area contributed by atoms with Crippen LogP contribution in [0.3, 0.4) is 0 Å². The Morgan fingerprint density at radius 3 is 1.87 bits per heavy atom. The van der Waals surface area contributed by atoms with E-state index in [1.807, 2.05) is 80.5 Å². The number of H-pyrrole nitrogens is 2. The second-order valence-corrected chi connectivity index (χ2v) is 14.9. The highest BCUT2D eigenvalue weighted by molar-refractivity contribution is 5.72. The Morgan fingerprint density at radius 1 is 0.769 bits per heavy atom. The second-order valence-electron chi connectivity index (χ2n) is 14.9. The van der Waals surface area contributed by atoms with E-state index >= 15 is 0 Å². The molecule has 2 saturated heterocycles. The monoisotopic (exact) mass is 701 g/mol. The molecule has 52 heavy (non-hydrogen) atoms. The van der Waals surface area contributed by atoms with Crippen molar-refractivity contribution in [3.05, 3.63) is 108 Å². The summed E-state index contributed by atoms with van der Waals surface area (Å²) in [7, 11) is 1.89. The lowest BCUT2D eigenvalue weighted by Crippen LogP contribution is -2.43. The van der Waals surface area contributed by atoms with Crippen LogP contribution in [0.4, 0.5) is 9.59 Å². The summed E-state index contributed by atoms with van der Waals surface area (Å²) < 4.78 is 11.4. The van der Waals surface area contributed by atoms with Crippen molar-refractivity contribution in [2.75, 3.05) is 13.6 Å². The van der Waals surface area contributed by atoms with Gasteiger partial charge in [-0.2, -0.15) is 0 Å². The van der Waals surface area contributed by atoms with Gasteiger partial charge in [-0.05, 0) is 74.3 Å². The molecule has 2 aliphatic heterocycles. The van der Waals surface area contributed by atoms with Gasteiger partial charge in [0, 0.05) is 19.6 Å². The van der Waals surface area contributed by atoms with E-state index in [4.69, 9.17) is 14.5 Å². The molecule has 4 heterocycles. The van der Waals surface area contributed by atoms with Crippen molar-refractivity contribution in [1.82, 2.24) is 34.9 Å². The Kier molecular flexibility index (Phi) is 9.63. The van der Waals surface area contributed by atoms with E-state index in [9.17, 15) is 9.59 Å². The molecule has 0 spiro atoms. The predicted octanol–water partition coefficient (Wildman–Crippen LogP) is 8.77. The van der Waals surface area contributed by atoms with Gasteiger partial charge in [0.1, 0.15) is 29.9 Å². The van der Waals surface area contributed by atoms with Gasteiger partial charge in [0.05, 0.1) is 29.8 Å². The molecule has 2 N–H and O–H groups in total. The van der Waals surface area contributed by atoms with E-state index in [0.717, 1.165) is 70.2 Å². The lowest BCUT2D eigenvalue weighted by molar-refractivity contribution is -0.0318. The van der Waals surface area contributed by atoms with E-state index in [1.54, 1.807) is 5.01 Å². The van der Waals surface area contributed by atoms with Gasteiger partial charge in [-0.25, -0.2) is 29.6 Å². The van der Waals surface area contributed by atoms with Gasteiger partial charge in [-0.1, -0.05) is 85.8 Å². The number of carbonyl (C=O) groups excluding carboxylic acids is 2. The quantitative estimate of drug-likeness (QED) is 0.174. The maximum atomic E-state index is 13.3. The van der Waals surface area contributed by atoms with Gasteiger partial charge in [0.15, 0.2) is 0 Å². The first kappa shape index (κ1) is 35.0. The molecular weight excluding hydrogens is 654 g/mol. The minimum atomic E-state index is -0.582. The number of benzene rings is 3. The van der Waals surface area contributed by atoms with E-state index in [2.05, 4.69) is 77.3 Å². The van der Waals surface area contributed by atoms with Crippen LogP contribution in [0.2, 0.25) is 0 Å². The van der Waals surface area contributed by atoms with Crippen LogP contribution in [0.25, 0.3) is 33.6 Å². The number of carbonyl (C=O) groups is 2. The van der Waals surface area contributed by atoms with Crippen LogP contribution in [-0.4, -0.2) is 72.3 Å². The van der Waals surface area contributed by atoms with Crippen LogP contribution in [0.5, 0.6) is 0 Å². The third-order valence-electron chi connectivity index (χ3n) is 10.1. The van der Waals surface area contributed by atoms with Crippen molar-refractivity contribution in [2.24, 2.45) is 5.92 Å². The summed E-state index contributed by atoms with van der Waals surface area (Å²) in [4.78, 5) is 44.4. The summed E-state index contributed by atoms with van der Waals surface area (Å²) in [5.41, 5.74) is 6.37. The van der Waals surface area contributed by atoms with E-state index < -0.39 is 5.60 Å². The fourth-order valence-electron chi connectivity index (χ4n) is 7.15. The van der Waals surface area contributed by atoms with Crippen molar-refractivity contribution in [1.29, 1.82) is 0 Å². The topological polar surface area (TPSA) is 120 Å². The zero-order valence-electron chi connectivity index (χ0n) is 30.7. The number of hydrogen-bond donors (Lipinski definition) is 2. The fraction of sp³-hybridized carbons (Fsp3) is 0.366. The van der Waals surface area contributed by atoms with Gasteiger partial charge >= 0.3 is 12.2 Å². The molecular formula is C41H47N7O4. The minimum Gasteiger partial charge on any atom is -0.445 e. The molecule has 3 aromatic carbocycles. The van der Waals surface area contributed by atoms with Crippen molar-refractivity contribution < 1.29 is 19.1 Å². The van der Waals surface area contributed by atoms with Crippen molar-refractivity contribution in [3.63, 3.8) is 0 Å². The number of nitrogens with zero attached hydrogens (tertiary/aromatic N) is 5. The first-order valence-corrected chi connectivity index (χ1v) is 18.0. The lowest BCUT2D eigenvalue weighted by atomic mass is 10.0. The van der Waals surface area contributed by atoms with Crippen LogP contribution >= 0.6 is 0 Å².